The van der Waals surface area contributed by atoms with Gasteiger partial charge in [0.05, 0.1) is 7.11 Å². The van der Waals surface area contributed by atoms with Gasteiger partial charge in [0.15, 0.2) is 0 Å². The predicted molar refractivity (Wildman–Crippen MR) is 70.5 cm³/mol. The lowest BCUT2D eigenvalue weighted by atomic mass is 10.0. The second-order valence-corrected chi connectivity index (χ2v) is 5.44. The van der Waals surface area contributed by atoms with E-state index in [0.29, 0.717) is 0 Å². The number of benzene rings is 1. The molecule has 0 spiro atoms. The fraction of sp³-hybridized carbons (Fsp3) is 0.385. The van der Waals surface area contributed by atoms with Crippen LogP contribution < -0.4 is 10.5 Å². The minimum Gasteiger partial charge on any atom is -0.497 e. The summed E-state index contributed by atoms with van der Waals surface area (Å²) >= 11 is 1.83. The number of fused-ring (bicyclic) bond motifs is 1. The van der Waals surface area contributed by atoms with Gasteiger partial charge in [-0.3, -0.25) is 0 Å². The summed E-state index contributed by atoms with van der Waals surface area (Å²) in [5.74, 6) is 0.913. The number of hydrogen-bond acceptors (Lipinski definition) is 3. The van der Waals surface area contributed by atoms with E-state index in [1.165, 1.54) is 20.5 Å². The molecule has 0 amide bonds. The van der Waals surface area contributed by atoms with Crippen LogP contribution in [-0.4, -0.2) is 13.2 Å². The zero-order valence-corrected chi connectivity index (χ0v) is 10.7. The maximum Gasteiger partial charge on any atom is 0.119 e. The molecular formula is C13H17NOS. The molecule has 2 nitrogen and oxygen atoms in total. The first-order valence-electron chi connectivity index (χ1n) is 5.43. The highest BCUT2D eigenvalue weighted by Gasteiger charge is 2.11. The standard InChI is InChI=1S/C13H17NOS/c1-8(14)6-11-9(2)16-13-5-4-10(15-3)7-12(11)13/h4-5,7-8H,6,14H2,1-3H3. The largest absolute Gasteiger partial charge is 0.497 e. The number of aryl methyl sites for hydroxylation is 1. The van der Waals surface area contributed by atoms with E-state index in [-0.39, 0.29) is 6.04 Å². The van der Waals surface area contributed by atoms with Crippen LogP contribution in [0.15, 0.2) is 18.2 Å². The molecule has 2 N–H and O–H groups in total. The van der Waals surface area contributed by atoms with Gasteiger partial charge in [0, 0.05) is 15.6 Å². The lowest BCUT2D eigenvalue weighted by Gasteiger charge is -2.06. The molecule has 86 valence electrons. The van der Waals surface area contributed by atoms with Crippen LogP contribution in [0.5, 0.6) is 5.75 Å². The molecule has 0 aliphatic heterocycles. The maximum absolute atomic E-state index is 5.89. The highest BCUT2D eigenvalue weighted by atomic mass is 32.1. The van der Waals surface area contributed by atoms with Crippen molar-refractivity contribution in [2.24, 2.45) is 5.73 Å². The van der Waals surface area contributed by atoms with Gasteiger partial charge in [0.1, 0.15) is 5.75 Å². The molecular weight excluding hydrogens is 218 g/mol. The van der Waals surface area contributed by atoms with Gasteiger partial charge in [0.25, 0.3) is 0 Å². The summed E-state index contributed by atoms with van der Waals surface area (Å²) in [5, 5.41) is 1.29. The van der Waals surface area contributed by atoms with Crippen LogP contribution in [0.3, 0.4) is 0 Å². The Morgan fingerprint density at radius 2 is 2.19 bits per heavy atom. The third-order valence-corrected chi connectivity index (χ3v) is 3.85. The molecule has 2 rings (SSSR count). The normalized spacial score (nSPS) is 13.0. The van der Waals surface area contributed by atoms with Crippen LogP contribution in [-0.2, 0) is 6.42 Å². The van der Waals surface area contributed by atoms with Crippen molar-refractivity contribution in [1.82, 2.24) is 0 Å². The lowest BCUT2D eigenvalue weighted by molar-refractivity contribution is 0.415. The third-order valence-electron chi connectivity index (χ3n) is 2.73. The Morgan fingerprint density at radius 1 is 1.44 bits per heavy atom. The summed E-state index contributed by atoms with van der Waals surface area (Å²) in [6.07, 6.45) is 0.930. The van der Waals surface area contributed by atoms with E-state index >= 15 is 0 Å². The van der Waals surface area contributed by atoms with Gasteiger partial charge >= 0.3 is 0 Å². The average Bonchev–Trinajstić information content (AvgIpc) is 2.54. The Bertz CT molecular complexity index is 502. The Hall–Kier alpha value is -1.06. The van der Waals surface area contributed by atoms with Gasteiger partial charge in [-0.15, -0.1) is 11.3 Å². The zero-order chi connectivity index (χ0) is 11.7. The predicted octanol–water partition coefficient (Wildman–Crippen LogP) is 3.11. The molecule has 0 bridgehead atoms. The maximum atomic E-state index is 5.89. The number of hydrogen-bond donors (Lipinski definition) is 1. The summed E-state index contributed by atoms with van der Waals surface area (Å²) < 4.78 is 6.58. The van der Waals surface area contributed by atoms with E-state index < -0.39 is 0 Å². The number of thiophene rings is 1. The van der Waals surface area contributed by atoms with Crippen LogP contribution in [0.1, 0.15) is 17.4 Å². The van der Waals surface area contributed by atoms with Crippen LogP contribution in [0.4, 0.5) is 0 Å². The summed E-state index contributed by atoms with van der Waals surface area (Å²) in [5.41, 5.74) is 7.26. The number of rotatable bonds is 3. The Morgan fingerprint density at radius 3 is 2.81 bits per heavy atom. The molecule has 1 unspecified atom stereocenters. The Balaban J connectivity index is 2.56. The summed E-state index contributed by atoms with van der Waals surface area (Å²) in [7, 11) is 1.70. The SMILES string of the molecule is COc1ccc2sc(C)c(CC(C)N)c2c1. The minimum absolute atomic E-state index is 0.197. The van der Waals surface area contributed by atoms with Gasteiger partial charge in [-0.25, -0.2) is 0 Å². The van der Waals surface area contributed by atoms with E-state index in [9.17, 15) is 0 Å². The molecule has 0 fully saturated rings. The first-order chi connectivity index (χ1) is 7.61. The van der Waals surface area contributed by atoms with E-state index in [4.69, 9.17) is 10.5 Å². The summed E-state index contributed by atoms with van der Waals surface area (Å²) in [6.45, 7) is 4.21. The first-order valence-corrected chi connectivity index (χ1v) is 6.25. The topological polar surface area (TPSA) is 35.2 Å². The van der Waals surface area contributed by atoms with Gasteiger partial charge in [0.2, 0.25) is 0 Å². The number of ether oxygens (including phenoxy) is 1. The molecule has 0 aliphatic carbocycles. The van der Waals surface area contributed by atoms with Crippen molar-refractivity contribution in [1.29, 1.82) is 0 Å². The second kappa shape index (κ2) is 4.44. The van der Waals surface area contributed by atoms with Gasteiger partial charge in [-0.1, -0.05) is 0 Å². The van der Waals surface area contributed by atoms with Crippen molar-refractivity contribution in [2.45, 2.75) is 26.3 Å². The molecule has 0 radical (unpaired) electrons. The minimum atomic E-state index is 0.197. The van der Waals surface area contributed by atoms with Crippen molar-refractivity contribution in [3.05, 3.63) is 28.6 Å². The Labute approximate surface area is 100 Å². The van der Waals surface area contributed by atoms with Crippen molar-refractivity contribution in [3.63, 3.8) is 0 Å². The van der Waals surface area contributed by atoms with E-state index in [2.05, 4.69) is 19.1 Å². The molecule has 1 atom stereocenters. The highest BCUT2D eigenvalue weighted by molar-refractivity contribution is 7.19. The van der Waals surface area contributed by atoms with Crippen molar-refractivity contribution >= 4 is 21.4 Å². The molecule has 1 aromatic carbocycles. The molecule has 1 aromatic heterocycles. The highest BCUT2D eigenvalue weighted by Crippen LogP contribution is 2.33. The molecule has 0 saturated heterocycles. The molecule has 16 heavy (non-hydrogen) atoms. The van der Waals surface area contributed by atoms with Crippen LogP contribution >= 0.6 is 11.3 Å². The molecule has 1 heterocycles. The van der Waals surface area contributed by atoms with Crippen LogP contribution in [0.25, 0.3) is 10.1 Å². The number of methoxy groups -OCH3 is 1. The smallest absolute Gasteiger partial charge is 0.119 e. The molecule has 0 saturated carbocycles. The van der Waals surface area contributed by atoms with E-state index in [1.54, 1.807) is 7.11 Å². The van der Waals surface area contributed by atoms with Crippen molar-refractivity contribution < 1.29 is 4.74 Å². The van der Waals surface area contributed by atoms with Gasteiger partial charge in [-0.2, -0.15) is 0 Å². The fourth-order valence-electron chi connectivity index (χ4n) is 1.95. The quantitative estimate of drug-likeness (QED) is 0.887. The molecule has 3 heteroatoms. The zero-order valence-electron chi connectivity index (χ0n) is 9.91. The van der Waals surface area contributed by atoms with Crippen molar-refractivity contribution in [3.8, 4) is 5.75 Å². The van der Waals surface area contributed by atoms with E-state index in [1.807, 2.05) is 24.3 Å². The average molecular weight is 235 g/mol. The van der Waals surface area contributed by atoms with E-state index in [0.717, 1.165) is 12.2 Å². The lowest BCUT2D eigenvalue weighted by Crippen LogP contribution is -2.17. The summed E-state index contributed by atoms with van der Waals surface area (Å²) in [4.78, 5) is 1.36. The van der Waals surface area contributed by atoms with Gasteiger partial charge < -0.3 is 10.5 Å². The van der Waals surface area contributed by atoms with Crippen LogP contribution in [0, 0.1) is 6.92 Å². The number of nitrogens with two attached hydrogens (primary N) is 1. The Kier molecular flexibility index (Phi) is 3.17. The first kappa shape index (κ1) is 11.4. The van der Waals surface area contributed by atoms with Crippen molar-refractivity contribution in [2.75, 3.05) is 7.11 Å². The summed E-state index contributed by atoms with van der Waals surface area (Å²) in [6, 6.07) is 6.43. The van der Waals surface area contributed by atoms with Gasteiger partial charge in [-0.05, 0) is 49.4 Å². The third kappa shape index (κ3) is 2.06. The molecule has 2 aromatic rings. The second-order valence-electron chi connectivity index (χ2n) is 4.18. The monoisotopic (exact) mass is 235 g/mol. The molecule has 0 aliphatic rings. The fourth-order valence-corrected chi connectivity index (χ4v) is 3.03. The van der Waals surface area contributed by atoms with Crippen LogP contribution in [0.2, 0.25) is 0 Å².